The Bertz CT molecular complexity index is 835. The molecule has 0 saturated carbocycles. The Hall–Kier alpha value is -2.32. The average Bonchev–Trinajstić information content (AvgIpc) is 3.02. The van der Waals surface area contributed by atoms with Gasteiger partial charge in [0.2, 0.25) is 5.82 Å². The molecule has 0 aliphatic rings. The van der Waals surface area contributed by atoms with E-state index in [4.69, 9.17) is 5.73 Å². The fourth-order valence-corrected chi connectivity index (χ4v) is 2.63. The first-order chi connectivity index (χ1) is 11.7. The van der Waals surface area contributed by atoms with Crippen molar-refractivity contribution in [1.29, 1.82) is 0 Å². The Kier molecular flexibility index (Phi) is 5.17. The molecule has 2 N–H and O–H groups in total. The lowest BCUT2D eigenvalue weighted by molar-refractivity contribution is 0.0730. The first-order valence-electron chi connectivity index (χ1n) is 7.58. The minimum atomic E-state index is -0.228. The van der Waals surface area contributed by atoms with Gasteiger partial charge < -0.3 is 10.6 Å². The molecule has 3 aromatic rings. The number of halogens is 1. The van der Waals surface area contributed by atoms with E-state index >= 15 is 0 Å². The highest BCUT2D eigenvalue weighted by Crippen LogP contribution is 2.11. The average molecular weight is 389 g/mol. The molecule has 0 aliphatic heterocycles. The maximum Gasteiger partial charge on any atom is 0.293 e. The molecule has 124 valence electrons. The lowest BCUT2D eigenvalue weighted by atomic mass is 10.2. The first-order valence-corrected chi connectivity index (χ1v) is 8.38. The highest BCUT2D eigenvalue weighted by molar-refractivity contribution is 9.10. The van der Waals surface area contributed by atoms with E-state index in [0.717, 1.165) is 16.5 Å². The van der Waals surface area contributed by atoms with Gasteiger partial charge in [-0.1, -0.05) is 30.3 Å². The van der Waals surface area contributed by atoms with Crippen LogP contribution in [0.25, 0.3) is 5.78 Å². The number of benzene rings is 1. The molecule has 7 nitrogen and oxygen atoms in total. The zero-order valence-electron chi connectivity index (χ0n) is 13.0. The molecule has 24 heavy (non-hydrogen) atoms. The smallest absolute Gasteiger partial charge is 0.293 e. The fraction of sp³-hybridized carbons (Fsp3) is 0.250. The van der Waals surface area contributed by atoms with Gasteiger partial charge in [0.1, 0.15) is 0 Å². The normalized spacial score (nSPS) is 10.9. The molecule has 1 aromatic carbocycles. The predicted molar refractivity (Wildman–Crippen MR) is 93.3 cm³/mol. The van der Waals surface area contributed by atoms with Crippen LogP contribution in [0.1, 0.15) is 22.6 Å². The second-order valence-corrected chi connectivity index (χ2v) is 6.22. The van der Waals surface area contributed by atoms with Crippen molar-refractivity contribution in [1.82, 2.24) is 24.5 Å². The van der Waals surface area contributed by atoms with Gasteiger partial charge in [-0.25, -0.2) is 9.50 Å². The summed E-state index contributed by atoms with van der Waals surface area (Å²) >= 11 is 3.33. The lowest BCUT2D eigenvalue weighted by Gasteiger charge is -2.21. The summed E-state index contributed by atoms with van der Waals surface area (Å²) in [5, 5.41) is 4.23. The Balaban J connectivity index is 1.85. The second kappa shape index (κ2) is 7.50. The SMILES string of the molecule is NCCCN(Cc1ccccc1)C(=O)c1nc2ncc(Br)cn2n1. The molecule has 3 rings (SSSR count). The van der Waals surface area contributed by atoms with E-state index in [0.29, 0.717) is 25.4 Å². The van der Waals surface area contributed by atoms with Gasteiger partial charge in [-0.15, -0.1) is 5.10 Å². The van der Waals surface area contributed by atoms with Crippen molar-refractivity contribution in [3.8, 4) is 0 Å². The summed E-state index contributed by atoms with van der Waals surface area (Å²) in [6.45, 7) is 1.56. The topological polar surface area (TPSA) is 89.4 Å². The van der Waals surface area contributed by atoms with E-state index in [1.807, 2.05) is 30.3 Å². The van der Waals surface area contributed by atoms with Crippen molar-refractivity contribution >= 4 is 27.6 Å². The van der Waals surface area contributed by atoms with Crippen molar-refractivity contribution in [2.45, 2.75) is 13.0 Å². The van der Waals surface area contributed by atoms with Crippen molar-refractivity contribution in [3.63, 3.8) is 0 Å². The maximum absolute atomic E-state index is 12.8. The Labute approximate surface area is 147 Å². The fourth-order valence-electron chi connectivity index (χ4n) is 2.33. The molecule has 8 heteroatoms. The molecular formula is C16H17BrN6O. The van der Waals surface area contributed by atoms with Crippen LogP contribution < -0.4 is 5.73 Å². The molecule has 0 fully saturated rings. The van der Waals surface area contributed by atoms with Crippen molar-refractivity contribution in [2.75, 3.05) is 13.1 Å². The van der Waals surface area contributed by atoms with Gasteiger partial charge in [0.25, 0.3) is 11.7 Å². The summed E-state index contributed by atoms with van der Waals surface area (Å²) < 4.78 is 2.25. The second-order valence-electron chi connectivity index (χ2n) is 5.31. The third kappa shape index (κ3) is 3.77. The van der Waals surface area contributed by atoms with Crippen LogP contribution in [-0.4, -0.2) is 43.5 Å². The van der Waals surface area contributed by atoms with E-state index in [-0.39, 0.29) is 11.7 Å². The Morgan fingerprint density at radius 1 is 1.29 bits per heavy atom. The van der Waals surface area contributed by atoms with Crippen molar-refractivity contribution in [3.05, 3.63) is 58.6 Å². The van der Waals surface area contributed by atoms with Gasteiger partial charge in [0.05, 0.1) is 4.47 Å². The highest BCUT2D eigenvalue weighted by Gasteiger charge is 2.21. The molecule has 1 amide bonds. The summed E-state index contributed by atoms with van der Waals surface area (Å²) in [5.41, 5.74) is 6.65. The molecule has 0 bridgehead atoms. The zero-order valence-corrected chi connectivity index (χ0v) is 14.6. The number of nitrogens with two attached hydrogens (primary N) is 1. The monoisotopic (exact) mass is 388 g/mol. The van der Waals surface area contributed by atoms with E-state index in [9.17, 15) is 4.79 Å². The number of carbonyl (C=O) groups excluding carboxylic acids is 1. The van der Waals surface area contributed by atoms with Gasteiger partial charge >= 0.3 is 0 Å². The zero-order chi connectivity index (χ0) is 16.9. The van der Waals surface area contributed by atoms with Crippen molar-refractivity contribution < 1.29 is 4.79 Å². The molecule has 2 heterocycles. The summed E-state index contributed by atoms with van der Waals surface area (Å²) in [5.74, 6) is 0.294. The van der Waals surface area contributed by atoms with E-state index in [2.05, 4.69) is 31.0 Å². The number of fused-ring (bicyclic) bond motifs is 1. The van der Waals surface area contributed by atoms with E-state index in [1.165, 1.54) is 4.52 Å². The third-order valence-corrected chi connectivity index (χ3v) is 3.90. The Morgan fingerprint density at radius 2 is 2.08 bits per heavy atom. The van der Waals surface area contributed by atoms with Gasteiger partial charge in [0, 0.05) is 25.5 Å². The van der Waals surface area contributed by atoms with Gasteiger partial charge in [-0.3, -0.25) is 4.79 Å². The Morgan fingerprint density at radius 3 is 2.83 bits per heavy atom. The maximum atomic E-state index is 12.8. The molecular weight excluding hydrogens is 372 g/mol. The molecule has 2 aromatic heterocycles. The van der Waals surface area contributed by atoms with Crippen LogP contribution in [0.2, 0.25) is 0 Å². The van der Waals surface area contributed by atoms with Crippen LogP contribution in [0, 0.1) is 0 Å². The largest absolute Gasteiger partial charge is 0.331 e. The third-order valence-electron chi connectivity index (χ3n) is 3.49. The molecule has 0 radical (unpaired) electrons. The van der Waals surface area contributed by atoms with Crippen LogP contribution in [0.4, 0.5) is 0 Å². The molecule has 0 spiro atoms. The summed E-state index contributed by atoms with van der Waals surface area (Å²) in [6.07, 6.45) is 4.05. The minimum absolute atomic E-state index is 0.133. The van der Waals surface area contributed by atoms with Crippen LogP contribution in [0.15, 0.2) is 47.2 Å². The molecule has 0 atom stereocenters. The quantitative estimate of drug-likeness (QED) is 0.696. The van der Waals surface area contributed by atoms with Crippen LogP contribution in [0.5, 0.6) is 0 Å². The van der Waals surface area contributed by atoms with Crippen LogP contribution >= 0.6 is 15.9 Å². The highest BCUT2D eigenvalue weighted by atomic mass is 79.9. The predicted octanol–water partition coefficient (Wildman–Crippen LogP) is 1.88. The number of hydrogen-bond acceptors (Lipinski definition) is 5. The number of nitrogens with zero attached hydrogens (tertiary/aromatic N) is 5. The standard InChI is InChI=1S/C16H17BrN6O/c17-13-9-19-16-20-14(21-23(16)11-13)15(24)22(8-4-7-18)10-12-5-2-1-3-6-12/h1-3,5-6,9,11H,4,7-8,10,18H2. The van der Waals surface area contributed by atoms with E-state index < -0.39 is 0 Å². The van der Waals surface area contributed by atoms with Crippen LogP contribution in [-0.2, 0) is 6.54 Å². The summed E-state index contributed by atoms with van der Waals surface area (Å²) in [6, 6.07) is 9.82. The van der Waals surface area contributed by atoms with Gasteiger partial charge in [0.15, 0.2) is 0 Å². The van der Waals surface area contributed by atoms with Crippen LogP contribution in [0.3, 0.4) is 0 Å². The number of hydrogen-bond donors (Lipinski definition) is 1. The molecule has 0 unspecified atom stereocenters. The lowest BCUT2D eigenvalue weighted by Crippen LogP contribution is -2.33. The van der Waals surface area contributed by atoms with E-state index in [1.54, 1.807) is 17.3 Å². The number of aromatic nitrogens is 4. The summed E-state index contributed by atoms with van der Waals surface area (Å²) in [7, 11) is 0. The minimum Gasteiger partial charge on any atom is -0.331 e. The number of amides is 1. The molecule has 0 saturated heterocycles. The van der Waals surface area contributed by atoms with Gasteiger partial charge in [-0.2, -0.15) is 4.98 Å². The summed E-state index contributed by atoms with van der Waals surface area (Å²) in [4.78, 5) is 22.9. The number of rotatable bonds is 6. The van der Waals surface area contributed by atoms with Gasteiger partial charge in [-0.05, 0) is 34.5 Å². The molecule has 0 aliphatic carbocycles. The first kappa shape index (κ1) is 16.5. The van der Waals surface area contributed by atoms with Crippen molar-refractivity contribution in [2.24, 2.45) is 5.73 Å². The number of carbonyl (C=O) groups is 1.